The number of carbonyl (C=O) groups is 4. The number of fused-ring (bicyclic) bond motifs is 1. The molecule has 0 aliphatic carbocycles. The lowest BCUT2D eigenvalue weighted by Gasteiger charge is -2.14. The average Bonchev–Trinajstić information content (AvgIpc) is 2.81. The Bertz CT molecular complexity index is 637. The van der Waals surface area contributed by atoms with Gasteiger partial charge in [0.05, 0.1) is 11.1 Å². The van der Waals surface area contributed by atoms with Crippen molar-refractivity contribution in [2.45, 2.75) is 6.42 Å². The van der Waals surface area contributed by atoms with E-state index in [9.17, 15) is 19.2 Å². The van der Waals surface area contributed by atoms with Gasteiger partial charge in [-0.05, 0) is 12.1 Å². The van der Waals surface area contributed by atoms with Crippen molar-refractivity contribution >= 4 is 23.8 Å². The Morgan fingerprint density at radius 3 is 2.08 bits per heavy atom. The van der Waals surface area contributed by atoms with Crippen LogP contribution in [0.3, 0.4) is 0 Å². The molecule has 0 aromatic heterocycles. The largest absolute Gasteiger partial charge is 0.354 e. The molecule has 128 valence electrons. The van der Waals surface area contributed by atoms with Crippen molar-refractivity contribution in [3.63, 3.8) is 0 Å². The van der Waals surface area contributed by atoms with Crippen LogP contribution in [0.5, 0.6) is 0 Å². The van der Waals surface area contributed by atoms with E-state index in [-0.39, 0.29) is 43.3 Å². The van der Waals surface area contributed by atoms with E-state index in [1.54, 1.807) is 38.4 Å². The van der Waals surface area contributed by atoms with Crippen molar-refractivity contribution < 1.29 is 19.2 Å². The molecule has 24 heavy (non-hydrogen) atoms. The summed E-state index contributed by atoms with van der Waals surface area (Å²) in [4.78, 5) is 49.8. The summed E-state index contributed by atoms with van der Waals surface area (Å²) in [6.45, 7) is 0.610. The predicted octanol–water partition coefficient (Wildman–Crippen LogP) is 0.0601. The highest BCUT2D eigenvalue weighted by Crippen LogP contribution is 2.22. The number of urea groups is 1. The van der Waals surface area contributed by atoms with Gasteiger partial charge in [0.15, 0.2) is 0 Å². The maximum atomic E-state index is 12.1. The lowest BCUT2D eigenvalue weighted by atomic mass is 10.1. The highest BCUT2D eigenvalue weighted by atomic mass is 16.2. The van der Waals surface area contributed by atoms with Gasteiger partial charge in [0, 0.05) is 40.2 Å². The minimum Gasteiger partial charge on any atom is -0.354 e. The molecular formula is C16H20N4O4. The molecule has 0 atom stereocenters. The summed E-state index contributed by atoms with van der Waals surface area (Å²) < 4.78 is 0. The molecule has 0 fully saturated rings. The summed E-state index contributed by atoms with van der Waals surface area (Å²) in [5, 5.41) is 5.24. The molecule has 1 aliphatic heterocycles. The number of carbonyl (C=O) groups excluding carboxylic acids is 4. The summed E-state index contributed by atoms with van der Waals surface area (Å²) in [6.07, 6.45) is 0.0209. The highest BCUT2D eigenvalue weighted by molar-refractivity contribution is 6.21. The Morgan fingerprint density at radius 1 is 1.00 bits per heavy atom. The summed E-state index contributed by atoms with van der Waals surface area (Å²) in [7, 11) is 3.24. The van der Waals surface area contributed by atoms with E-state index in [2.05, 4.69) is 10.6 Å². The monoisotopic (exact) mass is 332 g/mol. The van der Waals surface area contributed by atoms with Gasteiger partial charge in [-0.1, -0.05) is 12.1 Å². The summed E-state index contributed by atoms with van der Waals surface area (Å²) >= 11 is 0. The van der Waals surface area contributed by atoms with Gasteiger partial charge < -0.3 is 15.5 Å². The van der Waals surface area contributed by atoms with Crippen LogP contribution in [0.25, 0.3) is 0 Å². The fourth-order valence-corrected chi connectivity index (χ4v) is 2.27. The lowest BCUT2D eigenvalue weighted by molar-refractivity contribution is -0.121. The molecule has 8 heteroatoms. The molecule has 0 spiro atoms. The van der Waals surface area contributed by atoms with E-state index in [0.717, 1.165) is 4.90 Å². The van der Waals surface area contributed by atoms with E-state index < -0.39 is 0 Å². The van der Waals surface area contributed by atoms with Crippen LogP contribution in [-0.4, -0.2) is 67.3 Å². The molecule has 0 unspecified atom stereocenters. The topological polar surface area (TPSA) is 98.8 Å². The summed E-state index contributed by atoms with van der Waals surface area (Å²) in [6, 6.07) is 6.35. The van der Waals surface area contributed by atoms with E-state index in [4.69, 9.17) is 0 Å². The fourth-order valence-electron chi connectivity index (χ4n) is 2.27. The SMILES string of the molecule is CN(C)C(=O)NCCNC(=O)CCN1C(=O)c2ccccc2C1=O. The Kier molecular flexibility index (Phi) is 5.51. The molecule has 2 N–H and O–H groups in total. The van der Waals surface area contributed by atoms with Crippen molar-refractivity contribution in [3.05, 3.63) is 35.4 Å². The Labute approximate surface area is 139 Å². The van der Waals surface area contributed by atoms with Gasteiger partial charge in [0.25, 0.3) is 11.8 Å². The van der Waals surface area contributed by atoms with Crippen LogP contribution in [0.2, 0.25) is 0 Å². The van der Waals surface area contributed by atoms with Crippen LogP contribution in [0.4, 0.5) is 4.79 Å². The number of nitrogens with one attached hydrogen (secondary N) is 2. The van der Waals surface area contributed by atoms with E-state index in [1.807, 2.05) is 0 Å². The minimum atomic E-state index is -0.373. The van der Waals surface area contributed by atoms with Crippen LogP contribution in [0.1, 0.15) is 27.1 Å². The zero-order valence-corrected chi connectivity index (χ0v) is 13.7. The number of imide groups is 1. The zero-order chi connectivity index (χ0) is 17.7. The van der Waals surface area contributed by atoms with Crippen molar-refractivity contribution in [1.82, 2.24) is 20.4 Å². The van der Waals surface area contributed by atoms with Crippen LogP contribution < -0.4 is 10.6 Å². The molecule has 8 nitrogen and oxygen atoms in total. The third-order valence-electron chi connectivity index (χ3n) is 3.57. The number of amides is 5. The zero-order valence-electron chi connectivity index (χ0n) is 13.7. The molecule has 0 bridgehead atoms. The molecule has 0 saturated heterocycles. The van der Waals surface area contributed by atoms with Gasteiger partial charge in [-0.3, -0.25) is 19.3 Å². The minimum absolute atomic E-state index is 0.0209. The Hall–Kier alpha value is -2.90. The molecule has 1 heterocycles. The van der Waals surface area contributed by atoms with Crippen molar-refractivity contribution in [2.24, 2.45) is 0 Å². The van der Waals surface area contributed by atoms with Crippen LogP contribution in [-0.2, 0) is 4.79 Å². The van der Waals surface area contributed by atoms with Gasteiger partial charge in [-0.2, -0.15) is 0 Å². The first kappa shape index (κ1) is 17.5. The third-order valence-corrected chi connectivity index (χ3v) is 3.57. The van der Waals surface area contributed by atoms with Crippen molar-refractivity contribution in [3.8, 4) is 0 Å². The summed E-state index contributed by atoms with van der Waals surface area (Å²) in [5.74, 6) is -1.03. The molecule has 0 saturated carbocycles. The van der Waals surface area contributed by atoms with E-state index in [1.165, 1.54) is 4.90 Å². The molecule has 5 amide bonds. The van der Waals surface area contributed by atoms with Gasteiger partial charge in [-0.25, -0.2) is 4.79 Å². The quantitative estimate of drug-likeness (QED) is 0.568. The van der Waals surface area contributed by atoms with Crippen LogP contribution in [0, 0.1) is 0 Å². The molecular weight excluding hydrogens is 312 g/mol. The molecule has 1 aromatic rings. The molecule has 1 aliphatic rings. The number of nitrogens with zero attached hydrogens (tertiary/aromatic N) is 2. The first-order valence-electron chi connectivity index (χ1n) is 7.59. The lowest BCUT2D eigenvalue weighted by Crippen LogP contribution is -2.40. The van der Waals surface area contributed by atoms with Crippen molar-refractivity contribution in [1.29, 1.82) is 0 Å². The van der Waals surface area contributed by atoms with Crippen LogP contribution >= 0.6 is 0 Å². The fraction of sp³-hybridized carbons (Fsp3) is 0.375. The smallest absolute Gasteiger partial charge is 0.316 e. The first-order valence-corrected chi connectivity index (χ1v) is 7.59. The number of rotatable bonds is 6. The molecule has 0 radical (unpaired) electrons. The maximum Gasteiger partial charge on any atom is 0.316 e. The highest BCUT2D eigenvalue weighted by Gasteiger charge is 2.34. The predicted molar refractivity (Wildman–Crippen MR) is 86.5 cm³/mol. The van der Waals surface area contributed by atoms with Gasteiger partial charge in [-0.15, -0.1) is 0 Å². The number of hydrogen-bond donors (Lipinski definition) is 2. The van der Waals surface area contributed by atoms with Gasteiger partial charge >= 0.3 is 6.03 Å². The van der Waals surface area contributed by atoms with Gasteiger partial charge in [0.1, 0.15) is 0 Å². The molecule has 2 rings (SSSR count). The second-order valence-electron chi connectivity index (χ2n) is 5.53. The Morgan fingerprint density at radius 2 is 1.54 bits per heavy atom. The maximum absolute atomic E-state index is 12.1. The van der Waals surface area contributed by atoms with Crippen LogP contribution in [0.15, 0.2) is 24.3 Å². The standard InChI is InChI=1S/C16H20N4O4/c1-19(2)16(24)18-9-8-17-13(21)7-10-20-14(22)11-5-3-4-6-12(11)15(20)23/h3-6H,7-10H2,1-2H3,(H,17,21)(H,18,24). The van der Waals surface area contributed by atoms with Crippen molar-refractivity contribution in [2.75, 3.05) is 33.7 Å². The number of hydrogen-bond acceptors (Lipinski definition) is 4. The summed E-state index contributed by atoms with van der Waals surface area (Å²) in [5.41, 5.74) is 0.739. The third kappa shape index (κ3) is 3.89. The van der Waals surface area contributed by atoms with Gasteiger partial charge in [0.2, 0.25) is 5.91 Å². The second-order valence-corrected chi connectivity index (χ2v) is 5.53. The normalized spacial score (nSPS) is 12.8. The van der Waals surface area contributed by atoms with E-state index in [0.29, 0.717) is 17.7 Å². The average molecular weight is 332 g/mol. The molecule has 1 aromatic carbocycles. The first-order chi connectivity index (χ1) is 11.4. The van der Waals surface area contributed by atoms with E-state index >= 15 is 0 Å². The Balaban J connectivity index is 1.74. The number of benzene rings is 1. The second kappa shape index (κ2) is 7.58.